The van der Waals surface area contributed by atoms with Crippen LogP contribution in [0.5, 0.6) is 0 Å². The average molecular weight is 253 g/mol. The zero-order chi connectivity index (χ0) is 11.7. The van der Waals surface area contributed by atoms with Crippen molar-refractivity contribution in [2.75, 3.05) is 0 Å². The van der Waals surface area contributed by atoms with Crippen LogP contribution >= 0.6 is 22.7 Å². The van der Waals surface area contributed by atoms with E-state index in [0.717, 1.165) is 21.2 Å². The Kier molecular flexibility index (Phi) is 3.07. The topological polar surface area (TPSA) is 50.2 Å². The summed E-state index contributed by atoms with van der Waals surface area (Å²) in [5, 5.41) is 9.73. The summed E-state index contributed by atoms with van der Waals surface area (Å²) in [5.74, 6) is -0.952. The Bertz CT molecular complexity index is 528. The minimum Gasteiger partial charge on any atom is -0.476 e. The van der Waals surface area contributed by atoms with Crippen molar-refractivity contribution in [3.05, 3.63) is 27.6 Å². The van der Waals surface area contributed by atoms with Gasteiger partial charge in [0.25, 0.3) is 0 Å². The maximum absolute atomic E-state index is 10.9. The van der Waals surface area contributed by atoms with Crippen LogP contribution in [0.25, 0.3) is 9.88 Å². The highest BCUT2D eigenvalue weighted by Gasteiger charge is 2.15. The predicted octanol–water partition coefficient (Wildman–Crippen LogP) is 3.44. The minimum absolute atomic E-state index is 0.173. The van der Waals surface area contributed by atoms with Gasteiger partial charge in [-0.25, -0.2) is 9.78 Å². The standard InChI is InChI=1S/C11H11NO2S2/c1-3-7-4-5-8(16-7)10-12-9(11(13)14)6(2)15-10/h4-5H,3H2,1-2H3,(H,13,14). The first kappa shape index (κ1) is 11.3. The van der Waals surface area contributed by atoms with E-state index in [2.05, 4.69) is 18.0 Å². The van der Waals surface area contributed by atoms with Crippen LogP contribution in [0.1, 0.15) is 27.2 Å². The van der Waals surface area contributed by atoms with Gasteiger partial charge in [-0.15, -0.1) is 22.7 Å². The Labute approximate surface area is 101 Å². The molecule has 0 spiro atoms. The SMILES string of the molecule is CCc1ccc(-c2nc(C(=O)O)c(C)s2)s1. The number of thiophene rings is 1. The van der Waals surface area contributed by atoms with Crippen molar-refractivity contribution >= 4 is 28.6 Å². The smallest absolute Gasteiger partial charge is 0.355 e. The molecule has 0 saturated carbocycles. The Balaban J connectivity index is 2.41. The molecule has 0 fully saturated rings. The second-order valence-electron chi connectivity index (χ2n) is 3.35. The lowest BCUT2D eigenvalue weighted by Crippen LogP contribution is -1.98. The summed E-state index contributed by atoms with van der Waals surface area (Å²) in [4.78, 5) is 18.1. The number of aromatic carboxylic acids is 1. The Morgan fingerprint density at radius 3 is 2.69 bits per heavy atom. The molecule has 2 aromatic heterocycles. The highest BCUT2D eigenvalue weighted by Crippen LogP contribution is 2.33. The van der Waals surface area contributed by atoms with E-state index in [1.54, 1.807) is 18.3 Å². The molecule has 84 valence electrons. The van der Waals surface area contributed by atoms with Crippen LogP contribution in [0.4, 0.5) is 0 Å². The normalized spacial score (nSPS) is 10.6. The molecule has 0 bridgehead atoms. The number of carboxylic acids is 1. The molecule has 0 aliphatic carbocycles. The Hall–Kier alpha value is -1.20. The number of thiazole rings is 1. The third-order valence-electron chi connectivity index (χ3n) is 2.22. The van der Waals surface area contributed by atoms with Crippen LogP contribution in [0.3, 0.4) is 0 Å². The molecule has 0 atom stereocenters. The lowest BCUT2D eigenvalue weighted by Gasteiger charge is -1.87. The zero-order valence-corrected chi connectivity index (χ0v) is 10.6. The van der Waals surface area contributed by atoms with E-state index in [9.17, 15) is 4.79 Å². The van der Waals surface area contributed by atoms with Crippen molar-refractivity contribution in [1.82, 2.24) is 4.98 Å². The van der Waals surface area contributed by atoms with Crippen molar-refractivity contribution in [2.24, 2.45) is 0 Å². The van der Waals surface area contributed by atoms with E-state index in [0.29, 0.717) is 0 Å². The summed E-state index contributed by atoms with van der Waals surface area (Å²) in [6.07, 6.45) is 1.00. The van der Waals surface area contributed by atoms with E-state index in [1.807, 2.05) is 6.07 Å². The van der Waals surface area contributed by atoms with Gasteiger partial charge in [-0.05, 0) is 25.5 Å². The molecule has 2 aromatic rings. The largest absolute Gasteiger partial charge is 0.476 e. The van der Waals surface area contributed by atoms with Gasteiger partial charge in [0.05, 0.1) is 4.88 Å². The molecule has 16 heavy (non-hydrogen) atoms. The quantitative estimate of drug-likeness (QED) is 0.911. The maximum atomic E-state index is 10.9. The maximum Gasteiger partial charge on any atom is 0.355 e. The van der Waals surface area contributed by atoms with E-state index in [1.165, 1.54) is 16.2 Å². The highest BCUT2D eigenvalue weighted by molar-refractivity contribution is 7.21. The van der Waals surface area contributed by atoms with Gasteiger partial charge < -0.3 is 5.11 Å². The van der Waals surface area contributed by atoms with Crippen LogP contribution in [0.15, 0.2) is 12.1 Å². The molecule has 2 heterocycles. The second kappa shape index (κ2) is 4.35. The van der Waals surface area contributed by atoms with Gasteiger partial charge in [0.1, 0.15) is 5.01 Å². The van der Waals surface area contributed by atoms with E-state index < -0.39 is 5.97 Å². The summed E-state index contributed by atoms with van der Waals surface area (Å²) in [7, 11) is 0. The van der Waals surface area contributed by atoms with E-state index in [-0.39, 0.29) is 5.69 Å². The van der Waals surface area contributed by atoms with Gasteiger partial charge in [0.2, 0.25) is 0 Å². The molecule has 0 aliphatic rings. The fourth-order valence-corrected chi connectivity index (χ4v) is 3.29. The number of aryl methyl sites for hydroxylation is 2. The first-order valence-electron chi connectivity index (χ1n) is 4.91. The van der Waals surface area contributed by atoms with Gasteiger partial charge in [-0.2, -0.15) is 0 Å². The average Bonchev–Trinajstić information content (AvgIpc) is 2.83. The summed E-state index contributed by atoms with van der Waals surface area (Å²) in [5.41, 5.74) is 0.173. The highest BCUT2D eigenvalue weighted by atomic mass is 32.1. The molecule has 0 unspecified atom stereocenters. The van der Waals surface area contributed by atoms with Gasteiger partial charge in [0.15, 0.2) is 5.69 Å². The van der Waals surface area contributed by atoms with Crippen molar-refractivity contribution in [3.8, 4) is 9.88 Å². The van der Waals surface area contributed by atoms with Crippen LogP contribution in [0, 0.1) is 6.92 Å². The van der Waals surface area contributed by atoms with Crippen LogP contribution < -0.4 is 0 Å². The molecule has 0 amide bonds. The lowest BCUT2D eigenvalue weighted by atomic mass is 10.3. The number of nitrogens with zero attached hydrogens (tertiary/aromatic N) is 1. The molecule has 0 aromatic carbocycles. The molecule has 0 saturated heterocycles. The van der Waals surface area contributed by atoms with Crippen molar-refractivity contribution in [2.45, 2.75) is 20.3 Å². The first-order chi connectivity index (χ1) is 7.61. The van der Waals surface area contributed by atoms with E-state index in [4.69, 9.17) is 5.11 Å². The molecule has 0 aliphatic heterocycles. The van der Waals surface area contributed by atoms with Gasteiger partial charge in [-0.1, -0.05) is 6.92 Å². The molecular formula is C11H11NO2S2. The van der Waals surface area contributed by atoms with Gasteiger partial charge in [0, 0.05) is 9.75 Å². The Morgan fingerprint density at radius 1 is 1.44 bits per heavy atom. The summed E-state index contributed by atoms with van der Waals surface area (Å²) in [6, 6.07) is 4.07. The summed E-state index contributed by atoms with van der Waals surface area (Å²) < 4.78 is 0. The van der Waals surface area contributed by atoms with Gasteiger partial charge >= 0.3 is 5.97 Å². The lowest BCUT2D eigenvalue weighted by molar-refractivity contribution is 0.0690. The van der Waals surface area contributed by atoms with Crippen molar-refractivity contribution in [3.63, 3.8) is 0 Å². The number of aromatic nitrogens is 1. The third kappa shape index (κ3) is 2.01. The third-order valence-corrected chi connectivity index (χ3v) is 4.59. The van der Waals surface area contributed by atoms with Crippen LogP contribution in [0.2, 0.25) is 0 Å². The number of hydrogen-bond donors (Lipinski definition) is 1. The first-order valence-corrected chi connectivity index (χ1v) is 6.55. The fraction of sp³-hybridized carbons (Fsp3) is 0.273. The number of carboxylic acid groups (broad SMARTS) is 1. The molecular weight excluding hydrogens is 242 g/mol. The minimum atomic E-state index is -0.952. The molecule has 1 N–H and O–H groups in total. The van der Waals surface area contributed by atoms with Crippen LogP contribution in [-0.2, 0) is 6.42 Å². The molecule has 5 heteroatoms. The van der Waals surface area contributed by atoms with Crippen molar-refractivity contribution < 1.29 is 9.90 Å². The number of carbonyl (C=O) groups is 1. The second-order valence-corrected chi connectivity index (χ2v) is 5.72. The number of hydrogen-bond acceptors (Lipinski definition) is 4. The molecule has 0 radical (unpaired) electrons. The summed E-state index contributed by atoms with van der Waals surface area (Å²) >= 11 is 3.11. The molecule has 2 rings (SSSR count). The predicted molar refractivity (Wildman–Crippen MR) is 66.5 cm³/mol. The van der Waals surface area contributed by atoms with Crippen LogP contribution in [-0.4, -0.2) is 16.1 Å². The number of rotatable bonds is 3. The monoisotopic (exact) mass is 253 g/mol. The molecule has 3 nitrogen and oxygen atoms in total. The van der Waals surface area contributed by atoms with Gasteiger partial charge in [-0.3, -0.25) is 0 Å². The van der Waals surface area contributed by atoms with E-state index >= 15 is 0 Å². The fourth-order valence-electron chi connectivity index (χ4n) is 1.38. The zero-order valence-electron chi connectivity index (χ0n) is 8.98. The summed E-state index contributed by atoms with van der Waals surface area (Å²) in [6.45, 7) is 3.89. The van der Waals surface area contributed by atoms with Crippen molar-refractivity contribution in [1.29, 1.82) is 0 Å². The Morgan fingerprint density at radius 2 is 2.19 bits per heavy atom.